The number of hydrogen-bond donors (Lipinski definition) is 1. The van der Waals surface area contributed by atoms with E-state index in [1.165, 1.54) is 0 Å². The van der Waals surface area contributed by atoms with Crippen molar-refractivity contribution in [2.24, 2.45) is 0 Å². The lowest BCUT2D eigenvalue weighted by Crippen LogP contribution is -2.02. The molecule has 0 aliphatic heterocycles. The molecule has 0 heterocycles. The van der Waals surface area contributed by atoms with Crippen LogP contribution in [0.1, 0.15) is 6.92 Å². The Hall–Kier alpha value is -2.76. The van der Waals surface area contributed by atoms with Gasteiger partial charge in [0.1, 0.15) is 17.2 Å². The summed E-state index contributed by atoms with van der Waals surface area (Å²) in [5.41, 5.74) is 0.365. The highest BCUT2D eigenvalue weighted by Crippen LogP contribution is 2.37. The Morgan fingerprint density at radius 1 is 1.14 bits per heavy atom. The fourth-order valence-corrected chi connectivity index (χ4v) is 1.90. The van der Waals surface area contributed by atoms with Crippen LogP contribution in [0.4, 0.5) is 11.4 Å². The van der Waals surface area contributed by atoms with Crippen molar-refractivity contribution < 1.29 is 14.4 Å². The zero-order valence-electron chi connectivity index (χ0n) is 11.8. The van der Waals surface area contributed by atoms with Crippen molar-refractivity contribution in [3.63, 3.8) is 0 Å². The number of nitro groups is 1. The van der Waals surface area contributed by atoms with Gasteiger partial charge in [-0.05, 0) is 43.3 Å². The van der Waals surface area contributed by atoms with Crippen molar-refractivity contribution >= 4 is 11.4 Å². The first kappa shape index (κ1) is 14.6. The number of nitrogens with zero attached hydrogens (tertiary/aromatic N) is 1. The summed E-state index contributed by atoms with van der Waals surface area (Å²) in [5, 5.41) is 14.2. The van der Waals surface area contributed by atoms with Crippen molar-refractivity contribution in [2.45, 2.75) is 6.92 Å². The van der Waals surface area contributed by atoms with Crippen LogP contribution in [0.25, 0.3) is 0 Å². The van der Waals surface area contributed by atoms with Crippen molar-refractivity contribution in [2.75, 3.05) is 19.0 Å². The SMILES string of the molecule is CCNc1cccc(Oc2ccc(OC)cc2)c1[N+](=O)[O-]. The standard InChI is InChI=1S/C15H16N2O4/c1-3-16-13-5-4-6-14(15(13)17(18)19)21-12-9-7-11(20-2)8-10-12/h4-10,16H,3H2,1-2H3. The first-order valence-corrected chi connectivity index (χ1v) is 6.49. The molecule has 0 aliphatic rings. The molecule has 0 aliphatic carbocycles. The summed E-state index contributed by atoms with van der Waals surface area (Å²) in [7, 11) is 1.57. The van der Waals surface area contributed by atoms with Gasteiger partial charge in [0.2, 0.25) is 5.75 Å². The second-order valence-corrected chi connectivity index (χ2v) is 4.22. The minimum atomic E-state index is -0.448. The number of para-hydroxylation sites is 1. The zero-order chi connectivity index (χ0) is 15.2. The molecule has 6 nitrogen and oxygen atoms in total. The molecule has 2 aromatic carbocycles. The summed E-state index contributed by atoms with van der Waals surface area (Å²) >= 11 is 0. The summed E-state index contributed by atoms with van der Waals surface area (Å²) in [6, 6.07) is 11.8. The fourth-order valence-electron chi connectivity index (χ4n) is 1.90. The smallest absolute Gasteiger partial charge is 0.334 e. The van der Waals surface area contributed by atoms with E-state index in [0.29, 0.717) is 23.7 Å². The molecule has 2 aromatic rings. The highest BCUT2D eigenvalue weighted by Gasteiger charge is 2.21. The van der Waals surface area contributed by atoms with Crippen LogP contribution in [0.5, 0.6) is 17.2 Å². The molecular formula is C15H16N2O4. The van der Waals surface area contributed by atoms with E-state index in [0.717, 1.165) is 0 Å². The van der Waals surface area contributed by atoms with Gasteiger partial charge in [-0.1, -0.05) is 6.07 Å². The molecule has 0 aromatic heterocycles. The molecule has 0 amide bonds. The number of methoxy groups -OCH3 is 1. The lowest BCUT2D eigenvalue weighted by Gasteiger charge is -2.10. The molecule has 21 heavy (non-hydrogen) atoms. The topological polar surface area (TPSA) is 73.6 Å². The van der Waals surface area contributed by atoms with E-state index in [4.69, 9.17) is 9.47 Å². The van der Waals surface area contributed by atoms with Gasteiger partial charge < -0.3 is 14.8 Å². The number of hydrogen-bond acceptors (Lipinski definition) is 5. The number of benzene rings is 2. The summed E-state index contributed by atoms with van der Waals surface area (Å²) < 4.78 is 10.7. The first-order valence-electron chi connectivity index (χ1n) is 6.49. The van der Waals surface area contributed by atoms with E-state index in [1.54, 1.807) is 49.6 Å². The van der Waals surface area contributed by atoms with E-state index < -0.39 is 4.92 Å². The largest absolute Gasteiger partial charge is 0.497 e. The minimum absolute atomic E-state index is 0.0739. The van der Waals surface area contributed by atoms with Crippen molar-refractivity contribution in [1.29, 1.82) is 0 Å². The number of nitro benzene ring substituents is 1. The number of rotatable bonds is 6. The maximum absolute atomic E-state index is 11.3. The van der Waals surface area contributed by atoms with Crippen LogP contribution < -0.4 is 14.8 Å². The molecule has 0 saturated heterocycles. The van der Waals surface area contributed by atoms with Gasteiger partial charge in [-0.25, -0.2) is 0 Å². The number of anilines is 1. The van der Waals surface area contributed by atoms with E-state index in [-0.39, 0.29) is 11.4 Å². The van der Waals surface area contributed by atoms with Crippen LogP contribution in [0.2, 0.25) is 0 Å². The van der Waals surface area contributed by atoms with Crippen LogP contribution in [-0.2, 0) is 0 Å². The molecule has 1 N–H and O–H groups in total. The van der Waals surface area contributed by atoms with Gasteiger partial charge in [0.15, 0.2) is 0 Å². The molecule has 0 spiro atoms. The van der Waals surface area contributed by atoms with E-state index in [9.17, 15) is 10.1 Å². The molecular weight excluding hydrogens is 272 g/mol. The third kappa shape index (κ3) is 3.42. The van der Waals surface area contributed by atoms with Crippen molar-refractivity contribution in [3.05, 3.63) is 52.6 Å². The van der Waals surface area contributed by atoms with E-state index in [1.807, 2.05) is 6.92 Å². The zero-order valence-corrected chi connectivity index (χ0v) is 11.8. The Balaban J connectivity index is 2.33. The summed E-state index contributed by atoms with van der Waals surface area (Å²) in [5.74, 6) is 1.40. The van der Waals surface area contributed by atoms with E-state index >= 15 is 0 Å². The van der Waals surface area contributed by atoms with E-state index in [2.05, 4.69) is 5.32 Å². The minimum Gasteiger partial charge on any atom is -0.497 e. The second-order valence-electron chi connectivity index (χ2n) is 4.22. The quantitative estimate of drug-likeness (QED) is 0.646. The Morgan fingerprint density at radius 3 is 2.38 bits per heavy atom. The highest BCUT2D eigenvalue weighted by atomic mass is 16.6. The van der Waals surface area contributed by atoms with Gasteiger partial charge in [-0.2, -0.15) is 0 Å². The van der Waals surface area contributed by atoms with Crippen LogP contribution in [0.3, 0.4) is 0 Å². The maximum atomic E-state index is 11.3. The highest BCUT2D eigenvalue weighted by molar-refractivity contribution is 5.69. The summed E-state index contributed by atoms with van der Waals surface area (Å²) in [6.07, 6.45) is 0. The Kier molecular flexibility index (Phi) is 4.61. The summed E-state index contributed by atoms with van der Waals surface area (Å²) in [6.45, 7) is 2.47. The predicted octanol–water partition coefficient (Wildman–Crippen LogP) is 3.83. The molecule has 6 heteroatoms. The van der Waals surface area contributed by atoms with Gasteiger partial charge in [0.05, 0.1) is 12.0 Å². The fraction of sp³-hybridized carbons (Fsp3) is 0.200. The van der Waals surface area contributed by atoms with Crippen LogP contribution >= 0.6 is 0 Å². The Labute approximate surface area is 122 Å². The van der Waals surface area contributed by atoms with Crippen molar-refractivity contribution in [3.8, 4) is 17.2 Å². The van der Waals surface area contributed by atoms with Crippen molar-refractivity contribution in [1.82, 2.24) is 0 Å². The van der Waals surface area contributed by atoms with Crippen LogP contribution in [-0.4, -0.2) is 18.6 Å². The average Bonchev–Trinajstić information content (AvgIpc) is 2.48. The maximum Gasteiger partial charge on any atom is 0.334 e. The number of ether oxygens (including phenoxy) is 2. The molecule has 110 valence electrons. The van der Waals surface area contributed by atoms with Gasteiger partial charge in [0, 0.05) is 6.54 Å². The van der Waals surface area contributed by atoms with Gasteiger partial charge >= 0.3 is 5.69 Å². The Bertz CT molecular complexity index is 626. The predicted molar refractivity (Wildman–Crippen MR) is 80.3 cm³/mol. The van der Waals surface area contributed by atoms with Crippen LogP contribution in [0, 0.1) is 10.1 Å². The molecule has 0 atom stereocenters. The normalized spacial score (nSPS) is 10.0. The molecule has 0 radical (unpaired) electrons. The molecule has 0 unspecified atom stereocenters. The molecule has 0 fully saturated rings. The molecule has 2 rings (SSSR count). The summed E-state index contributed by atoms with van der Waals surface area (Å²) in [4.78, 5) is 10.8. The first-order chi connectivity index (χ1) is 10.2. The van der Waals surface area contributed by atoms with Crippen LogP contribution in [0.15, 0.2) is 42.5 Å². The van der Waals surface area contributed by atoms with Gasteiger partial charge in [0.25, 0.3) is 0 Å². The second kappa shape index (κ2) is 6.60. The molecule has 0 saturated carbocycles. The van der Waals surface area contributed by atoms with Gasteiger partial charge in [-0.15, -0.1) is 0 Å². The lowest BCUT2D eigenvalue weighted by molar-refractivity contribution is -0.384. The number of nitrogens with one attached hydrogen (secondary N) is 1. The third-order valence-corrected chi connectivity index (χ3v) is 2.84. The van der Waals surface area contributed by atoms with Gasteiger partial charge in [-0.3, -0.25) is 10.1 Å². The average molecular weight is 288 g/mol. The lowest BCUT2D eigenvalue weighted by atomic mass is 10.2. The Morgan fingerprint density at radius 2 is 1.81 bits per heavy atom. The molecule has 0 bridgehead atoms. The third-order valence-electron chi connectivity index (χ3n) is 2.84. The monoisotopic (exact) mass is 288 g/mol.